The first-order chi connectivity index (χ1) is 21.8. The van der Waals surface area contributed by atoms with E-state index in [0.717, 1.165) is 11.1 Å². The lowest BCUT2D eigenvalue weighted by atomic mass is 10.00. The fraction of sp³-hybridized carbons (Fsp3) is 0.312. The van der Waals surface area contributed by atoms with Gasteiger partial charge in [-0.3, -0.25) is 9.59 Å². The zero-order chi connectivity index (χ0) is 31.9. The number of ether oxygens (including phenoxy) is 1. The molecule has 6 N–H and O–H groups in total. The van der Waals surface area contributed by atoms with E-state index in [1.54, 1.807) is 43.6 Å². The van der Waals surface area contributed by atoms with Crippen LogP contribution in [0.25, 0.3) is 22.4 Å². The number of anilines is 1. The fourth-order valence-electron chi connectivity index (χ4n) is 4.94. The number of rotatable bonds is 11. The van der Waals surface area contributed by atoms with Crippen LogP contribution in [0.2, 0.25) is 10.0 Å². The number of aliphatic hydroxyl groups excluding tert-OH is 1. The summed E-state index contributed by atoms with van der Waals surface area (Å²) in [4.78, 5) is 40.4. The summed E-state index contributed by atoms with van der Waals surface area (Å²) in [7, 11) is 0. The van der Waals surface area contributed by atoms with Crippen molar-refractivity contribution in [2.75, 3.05) is 44.4 Å². The van der Waals surface area contributed by atoms with Crippen LogP contribution in [0.15, 0.2) is 60.9 Å². The van der Waals surface area contributed by atoms with Gasteiger partial charge in [-0.25, -0.2) is 9.97 Å². The first-order valence-electron chi connectivity index (χ1n) is 14.6. The first kappa shape index (κ1) is 32.4. The lowest BCUT2D eigenvalue weighted by Crippen LogP contribution is -2.37. The van der Waals surface area contributed by atoms with Crippen LogP contribution < -0.4 is 21.3 Å². The Morgan fingerprint density at radius 3 is 2.67 bits per heavy atom. The van der Waals surface area contributed by atoms with Gasteiger partial charge in [-0.1, -0.05) is 48.3 Å². The molecule has 2 amide bonds. The van der Waals surface area contributed by atoms with Crippen LogP contribution in [-0.2, 0) is 16.1 Å². The largest absolute Gasteiger partial charge is 0.396 e. The van der Waals surface area contributed by atoms with Gasteiger partial charge in [0.25, 0.3) is 5.91 Å². The highest BCUT2D eigenvalue weighted by Crippen LogP contribution is 2.34. The van der Waals surface area contributed by atoms with Gasteiger partial charge in [-0.2, -0.15) is 0 Å². The van der Waals surface area contributed by atoms with Crippen LogP contribution in [0.3, 0.4) is 0 Å². The first-order valence-corrected chi connectivity index (χ1v) is 15.3. The van der Waals surface area contributed by atoms with Gasteiger partial charge in [0.15, 0.2) is 0 Å². The van der Waals surface area contributed by atoms with Crippen LogP contribution in [-0.4, -0.2) is 71.3 Å². The molecule has 13 heteroatoms. The SMILES string of the molecule is CC(CO)C(=O)NCc1cc(-c2cnc(N3CCOCC3)nc2-c2c[nH]c(C(=O)NC(CN)c3cccc(Cl)c3)c2)ccc1Cl. The van der Waals surface area contributed by atoms with Crippen molar-refractivity contribution in [3.05, 3.63) is 87.8 Å². The predicted octanol–water partition coefficient (Wildman–Crippen LogP) is 3.96. The van der Waals surface area contributed by atoms with E-state index in [0.29, 0.717) is 70.4 Å². The molecule has 1 saturated heterocycles. The Balaban J connectivity index is 1.47. The Morgan fingerprint density at radius 1 is 1.13 bits per heavy atom. The lowest BCUT2D eigenvalue weighted by molar-refractivity contribution is -0.125. The van der Waals surface area contributed by atoms with Crippen molar-refractivity contribution in [2.24, 2.45) is 11.7 Å². The van der Waals surface area contributed by atoms with Crippen molar-refractivity contribution >= 4 is 41.0 Å². The zero-order valence-corrected chi connectivity index (χ0v) is 26.2. The number of aromatic nitrogens is 3. The van der Waals surface area contributed by atoms with Crippen LogP contribution in [0.1, 0.15) is 34.6 Å². The summed E-state index contributed by atoms with van der Waals surface area (Å²) >= 11 is 12.6. The highest BCUT2D eigenvalue weighted by Gasteiger charge is 2.22. The fourth-order valence-corrected chi connectivity index (χ4v) is 5.32. The predicted molar refractivity (Wildman–Crippen MR) is 174 cm³/mol. The molecule has 5 rings (SSSR count). The molecular formula is C32H35Cl2N7O4. The molecule has 0 radical (unpaired) electrons. The second kappa shape index (κ2) is 14.9. The molecule has 0 saturated carbocycles. The zero-order valence-electron chi connectivity index (χ0n) is 24.7. The Bertz CT molecular complexity index is 1660. The molecule has 0 spiro atoms. The minimum Gasteiger partial charge on any atom is -0.396 e. The summed E-state index contributed by atoms with van der Waals surface area (Å²) in [6.07, 6.45) is 3.48. The molecule has 2 aromatic heterocycles. The van der Waals surface area contributed by atoms with Crippen LogP contribution in [0.5, 0.6) is 0 Å². The summed E-state index contributed by atoms with van der Waals surface area (Å²) in [5, 5.41) is 16.1. The number of carbonyl (C=O) groups excluding carboxylic acids is 2. The summed E-state index contributed by atoms with van der Waals surface area (Å²) in [5.74, 6) is -0.594. The van der Waals surface area contributed by atoms with E-state index in [1.807, 2.05) is 24.3 Å². The smallest absolute Gasteiger partial charge is 0.268 e. The minimum absolute atomic E-state index is 0.182. The Hall–Kier alpha value is -4.00. The number of hydrogen-bond acceptors (Lipinski definition) is 8. The van der Waals surface area contributed by atoms with E-state index >= 15 is 0 Å². The van der Waals surface area contributed by atoms with Crippen LogP contribution in [0, 0.1) is 5.92 Å². The number of H-pyrrole nitrogens is 1. The third-order valence-corrected chi connectivity index (χ3v) is 8.20. The Labute approximate surface area is 271 Å². The van der Waals surface area contributed by atoms with Gasteiger partial charge in [0.05, 0.1) is 37.5 Å². The summed E-state index contributed by atoms with van der Waals surface area (Å²) < 4.78 is 5.50. The van der Waals surface area contributed by atoms with Crippen molar-refractivity contribution in [2.45, 2.75) is 19.5 Å². The van der Waals surface area contributed by atoms with Crippen LogP contribution >= 0.6 is 23.2 Å². The summed E-state index contributed by atoms with van der Waals surface area (Å²) in [5.41, 5.74) is 10.6. The molecule has 1 aliphatic rings. The third-order valence-electron chi connectivity index (χ3n) is 7.59. The van der Waals surface area contributed by atoms with E-state index in [9.17, 15) is 14.7 Å². The standard InChI is InChI=1S/C32H35Cl2N7O4/c1-19(18-42)30(43)37-15-22-11-20(5-6-26(22)34)25-17-38-32(41-7-9-45-10-8-41)40-29(25)23-13-27(36-16-23)31(44)39-28(14-35)21-3-2-4-24(33)12-21/h2-6,11-13,16-17,19,28,36,42H,7-10,14-15,18,35H2,1H3,(H,37,43)(H,39,44). The number of benzene rings is 2. The van der Waals surface area contributed by atoms with E-state index in [1.165, 1.54) is 0 Å². The number of nitrogens with zero attached hydrogens (tertiary/aromatic N) is 3. The van der Waals surface area contributed by atoms with Gasteiger partial charge in [0.1, 0.15) is 5.69 Å². The van der Waals surface area contributed by atoms with Gasteiger partial charge >= 0.3 is 0 Å². The highest BCUT2D eigenvalue weighted by atomic mass is 35.5. The average Bonchev–Trinajstić information content (AvgIpc) is 3.57. The number of aromatic amines is 1. The van der Waals surface area contributed by atoms with Gasteiger partial charge < -0.3 is 36.1 Å². The maximum atomic E-state index is 13.3. The van der Waals surface area contributed by atoms with Crippen molar-refractivity contribution in [3.63, 3.8) is 0 Å². The van der Waals surface area contributed by atoms with E-state index in [4.69, 9.17) is 38.7 Å². The van der Waals surface area contributed by atoms with Crippen molar-refractivity contribution in [1.82, 2.24) is 25.6 Å². The molecule has 0 aliphatic carbocycles. The van der Waals surface area contributed by atoms with Gasteiger partial charge in [-0.05, 0) is 47.0 Å². The number of nitrogens with one attached hydrogen (secondary N) is 3. The quantitative estimate of drug-likeness (QED) is 0.163. The normalized spacial score (nSPS) is 14.6. The van der Waals surface area contributed by atoms with E-state index < -0.39 is 12.0 Å². The number of morpholine rings is 1. The van der Waals surface area contributed by atoms with E-state index in [-0.39, 0.29) is 31.5 Å². The average molecular weight is 653 g/mol. The molecule has 45 heavy (non-hydrogen) atoms. The molecule has 0 bridgehead atoms. The van der Waals surface area contributed by atoms with Crippen molar-refractivity contribution in [1.29, 1.82) is 0 Å². The van der Waals surface area contributed by atoms with Gasteiger partial charge in [-0.15, -0.1) is 0 Å². The number of amides is 2. The topological polar surface area (TPSA) is 158 Å². The number of aliphatic hydroxyl groups is 1. The number of halogens is 2. The molecule has 2 aromatic carbocycles. The highest BCUT2D eigenvalue weighted by molar-refractivity contribution is 6.31. The number of nitrogens with two attached hydrogens (primary N) is 1. The van der Waals surface area contributed by atoms with Gasteiger partial charge in [0.2, 0.25) is 11.9 Å². The summed E-state index contributed by atoms with van der Waals surface area (Å²) in [6.45, 7) is 4.22. The number of hydrogen-bond donors (Lipinski definition) is 5. The third kappa shape index (κ3) is 7.81. The Kier molecular flexibility index (Phi) is 10.7. The molecule has 11 nitrogen and oxygen atoms in total. The molecule has 2 atom stereocenters. The van der Waals surface area contributed by atoms with Gasteiger partial charge in [0, 0.05) is 59.7 Å². The lowest BCUT2D eigenvalue weighted by Gasteiger charge is -2.27. The monoisotopic (exact) mass is 651 g/mol. The molecule has 1 aliphatic heterocycles. The molecule has 3 heterocycles. The van der Waals surface area contributed by atoms with E-state index in [2.05, 4.69) is 25.5 Å². The molecule has 4 aromatic rings. The summed E-state index contributed by atoms with van der Waals surface area (Å²) in [6, 6.07) is 14.0. The second-order valence-electron chi connectivity index (χ2n) is 10.8. The van der Waals surface area contributed by atoms with Crippen molar-refractivity contribution in [3.8, 4) is 22.4 Å². The second-order valence-corrected chi connectivity index (χ2v) is 11.6. The molecule has 236 valence electrons. The maximum Gasteiger partial charge on any atom is 0.268 e. The molecule has 1 fully saturated rings. The maximum absolute atomic E-state index is 13.3. The Morgan fingerprint density at radius 2 is 1.93 bits per heavy atom. The number of carbonyl (C=O) groups is 2. The van der Waals surface area contributed by atoms with Crippen LogP contribution in [0.4, 0.5) is 5.95 Å². The van der Waals surface area contributed by atoms with Crippen molar-refractivity contribution < 1.29 is 19.4 Å². The minimum atomic E-state index is -0.537. The molecule has 2 unspecified atom stereocenters. The molecular weight excluding hydrogens is 617 g/mol.